The SMILES string of the molecule is Cl.N=C(N)CCc1ccc(C(=O)N2CCN(S(=O)(=O)c3ccc4cc(Cl)ccc4c3)CC2)cc1. The third-order valence-corrected chi connectivity index (χ3v) is 7.95. The molecule has 7 nitrogen and oxygen atoms in total. The maximum absolute atomic E-state index is 13.2. The van der Waals surface area contributed by atoms with Crippen LogP contribution in [0.25, 0.3) is 10.8 Å². The average Bonchev–Trinajstić information content (AvgIpc) is 2.82. The van der Waals surface area contributed by atoms with Gasteiger partial charge in [0.05, 0.1) is 10.7 Å². The van der Waals surface area contributed by atoms with E-state index in [2.05, 4.69) is 0 Å². The molecule has 0 bridgehead atoms. The van der Waals surface area contributed by atoms with E-state index in [-0.39, 0.29) is 42.1 Å². The number of carbonyl (C=O) groups is 1. The molecular weight excluding hydrogens is 495 g/mol. The minimum Gasteiger partial charge on any atom is -0.388 e. The Balaban J connectivity index is 0.00000324. The van der Waals surface area contributed by atoms with Crippen LogP contribution in [0, 0.1) is 5.41 Å². The quantitative estimate of drug-likeness (QED) is 0.379. The van der Waals surface area contributed by atoms with Gasteiger partial charge in [0.1, 0.15) is 0 Å². The first kappa shape index (κ1) is 26.0. The summed E-state index contributed by atoms with van der Waals surface area (Å²) in [6.07, 6.45) is 1.14. The van der Waals surface area contributed by atoms with Gasteiger partial charge in [0.15, 0.2) is 0 Å². The Hall–Kier alpha value is -2.65. The van der Waals surface area contributed by atoms with Gasteiger partial charge in [0.25, 0.3) is 5.91 Å². The number of benzene rings is 3. The topological polar surface area (TPSA) is 108 Å². The molecule has 0 spiro atoms. The molecule has 10 heteroatoms. The van der Waals surface area contributed by atoms with E-state index in [1.807, 2.05) is 12.1 Å². The smallest absolute Gasteiger partial charge is 0.253 e. The highest BCUT2D eigenvalue weighted by molar-refractivity contribution is 7.89. The number of hydrogen-bond donors (Lipinski definition) is 2. The van der Waals surface area contributed by atoms with Gasteiger partial charge in [-0.25, -0.2) is 8.42 Å². The van der Waals surface area contributed by atoms with Gasteiger partial charge in [-0.15, -0.1) is 12.4 Å². The maximum Gasteiger partial charge on any atom is 0.253 e. The number of amides is 1. The summed E-state index contributed by atoms with van der Waals surface area (Å²) in [7, 11) is -3.66. The van der Waals surface area contributed by atoms with Crippen LogP contribution in [0.2, 0.25) is 5.02 Å². The number of aryl methyl sites for hydroxylation is 1. The molecule has 1 aliphatic heterocycles. The minimum absolute atomic E-state index is 0. The zero-order chi connectivity index (χ0) is 23.6. The first-order chi connectivity index (χ1) is 15.7. The van der Waals surface area contributed by atoms with Crippen molar-refractivity contribution < 1.29 is 13.2 Å². The molecule has 0 unspecified atom stereocenters. The number of halogens is 2. The lowest BCUT2D eigenvalue weighted by Gasteiger charge is -2.34. The first-order valence-electron chi connectivity index (χ1n) is 10.6. The van der Waals surface area contributed by atoms with E-state index in [9.17, 15) is 13.2 Å². The van der Waals surface area contributed by atoms with Gasteiger partial charge < -0.3 is 10.6 Å². The average molecular weight is 521 g/mol. The molecule has 3 aromatic rings. The van der Waals surface area contributed by atoms with E-state index in [1.165, 1.54) is 4.31 Å². The van der Waals surface area contributed by atoms with Gasteiger partial charge in [-0.2, -0.15) is 4.31 Å². The Kier molecular flexibility index (Phi) is 8.20. The summed E-state index contributed by atoms with van der Waals surface area (Å²) in [5, 5.41) is 9.60. The highest BCUT2D eigenvalue weighted by Gasteiger charge is 2.30. The molecule has 1 aliphatic rings. The fraction of sp³-hybridized carbons (Fsp3) is 0.250. The van der Waals surface area contributed by atoms with E-state index in [1.54, 1.807) is 53.4 Å². The first-order valence-corrected chi connectivity index (χ1v) is 12.5. The zero-order valence-electron chi connectivity index (χ0n) is 18.4. The largest absolute Gasteiger partial charge is 0.388 e. The lowest BCUT2D eigenvalue weighted by atomic mass is 10.1. The predicted octanol–water partition coefficient (Wildman–Crippen LogP) is 3.93. The number of nitrogens with zero attached hydrogens (tertiary/aromatic N) is 2. The number of nitrogens with two attached hydrogens (primary N) is 1. The fourth-order valence-electron chi connectivity index (χ4n) is 3.91. The molecule has 34 heavy (non-hydrogen) atoms. The second kappa shape index (κ2) is 10.7. The van der Waals surface area contributed by atoms with E-state index < -0.39 is 10.0 Å². The van der Waals surface area contributed by atoms with Gasteiger partial charge in [-0.1, -0.05) is 35.9 Å². The van der Waals surface area contributed by atoms with Crippen LogP contribution in [-0.4, -0.2) is 55.5 Å². The number of amidine groups is 1. The van der Waals surface area contributed by atoms with Crippen LogP contribution in [0.1, 0.15) is 22.3 Å². The van der Waals surface area contributed by atoms with Crippen LogP contribution in [-0.2, 0) is 16.4 Å². The van der Waals surface area contributed by atoms with Crippen molar-refractivity contribution in [2.24, 2.45) is 5.73 Å². The molecule has 3 N–H and O–H groups in total. The van der Waals surface area contributed by atoms with Crippen LogP contribution in [0.4, 0.5) is 0 Å². The Morgan fingerprint density at radius 2 is 1.56 bits per heavy atom. The summed E-state index contributed by atoms with van der Waals surface area (Å²) in [4.78, 5) is 14.8. The van der Waals surface area contributed by atoms with E-state index in [0.29, 0.717) is 36.5 Å². The van der Waals surface area contributed by atoms with Crippen molar-refractivity contribution in [3.8, 4) is 0 Å². The van der Waals surface area contributed by atoms with Gasteiger partial charge in [0, 0.05) is 43.2 Å². The zero-order valence-corrected chi connectivity index (χ0v) is 20.8. The monoisotopic (exact) mass is 520 g/mol. The third kappa shape index (κ3) is 5.70. The van der Waals surface area contributed by atoms with Crippen molar-refractivity contribution in [2.45, 2.75) is 17.7 Å². The van der Waals surface area contributed by atoms with Crippen molar-refractivity contribution in [2.75, 3.05) is 26.2 Å². The van der Waals surface area contributed by atoms with E-state index in [0.717, 1.165) is 16.3 Å². The molecule has 0 saturated carbocycles. The van der Waals surface area contributed by atoms with Gasteiger partial charge >= 0.3 is 0 Å². The molecule has 0 radical (unpaired) electrons. The summed E-state index contributed by atoms with van der Waals surface area (Å²) in [6.45, 7) is 1.13. The number of piperazine rings is 1. The predicted molar refractivity (Wildman–Crippen MR) is 138 cm³/mol. The summed E-state index contributed by atoms with van der Waals surface area (Å²) < 4.78 is 27.8. The Morgan fingerprint density at radius 1 is 0.941 bits per heavy atom. The summed E-state index contributed by atoms with van der Waals surface area (Å²) in [5.74, 6) is 0.0174. The fourth-order valence-corrected chi connectivity index (χ4v) is 5.55. The van der Waals surface area contributed by atoms with Crippen molar-refractivity contribution in [3.05, 3.63) is 76.8 Å². The summed E-state index contributed by atoms with van der Waals surface area (Å²) in [6, 6.07) is 17.6. The van der Waals surface area contributed by atoms with Crippen LogP contribution in [0.5, 0.6) is 0 Å². The van der Waals surface area contributed by atoms with Crippen LogP contribution < -0.4 is 5.73 Å². The molecule has 1 saturated heterocycles. The summed E-state index contributed by atoms with van der Waals surface area (Å²) >= 11 is 6.02. The lowest BCUT2D eigenvalue weighted by molar-refractivity contribution is 0.0698. The van der Waals surface area contributed by atoms with Crippen LogP contribution in [0.15, 0.2) is 65.6 Å². The van der Waals surface area contributed by atoms with Crippen LogP contribution >= 0.6 is 24.0 Å². The van der Waals surface area contributed by atoms with Crippen molar-refractivity contribution in [1.29, 1.82) is 5.41 Å². The maximum atomic E-state index is 13.2. The highest BCUT2D eigenvalue weighted by Crippen LogP contribution is 2.25. The summed E-state index contributed by atoms with van der Waals surface area (Å²) in [5.41, 5.74) is 6.97. The lowest BCUT2D eigenvalue weighted by Crippen LogP contribution is -2.50. The molecule has 4 rings (SSSR count). The number of carbonyl (C=O) groups excluding carboxylic acids is 1. The molecule has 180 valence electrons. The Labute approximate surface area is 210 Å². The van der Waals surface area contributed by atoms with E-state index in [4.69, 9.17) is 22.7 Å². The normalized spacial score (nSPS) is 14.6. The number of rotatable bonds is 6. The number of fused-ring (bicyclic) bond motifs is 1. The minimum atomic E-state index is -3.66. The number of hydrogen-bond acceptors (Lipinski definition) is 4. The Bertz CT molecular complexity index is 1310. The second-order valence-corrected chi connectivity index (χ2v) is 10.4. The number of nitrogens with one attached hydrogen (secondary N) is 1. The molecule has 0 aromatic heterocycles. The number of sulfonamides is 1. The Morgan fingerprint density at radius 3 is 2.21 bits per heavy atom. The molecule has 1 heterocycles. The molecule has 1 fully saturated rings. The molecule has 1 amide bonds. The third-order valence-electron chi connectivity index (χ3n) is 5.82. The highest BCUT2D eigenvalue weighted by atomic mass is 35.5. The standard InChI is InChI=1S/C24H25ClN4O3S.ClH/c25-21-8-6-20-16-22(9-7-19(20)15-21)33(31,32)29-13-11-28(12-14-29)24(30)18-4-1-17(2-5-18)3-10-23(26)27;/h1-2,4-9,15-16H,3,10-14H2,(H3,26,27);1H. The molecular formula is C24H26Cl2N4O3S. The van der Waals surface area contributed by atoms with Crippen molar-refractivity contribution in [3.63, 3.8) is 0 Å². The molecule has 0 atom stereocenters. The molecule has 0 aliphatic carbocycles. The van der Waals surface area contributed by atoms with Crippen molar-refractivity contribution >= 4 is 56.5 Å². The van der Waals surface area contributed by atoms with Gasteiger partial charge in [-0.3, -0.25) is 10.2 Å². The van der Waals surface area contributed by atoms with Crippen molar-refractivity contribution in [1.82, 2.24) is 9.21 Å². The van der Waals surface area contributed by atoms with Gasteiger partial charge in [-0.05, 0) is 59.2 Å². The second-order valence-electron chi connectivity index (χ2n) is 8.07. The van der Waals surface area contributed by atoms with Crippen LogP contribution in [0.3, 0.4) is 0 Å². The molecule has 3 aromatic carbocycles. The van der Waals surface area contributed by atoms with Gasteiger partial charge in [0.2, 0.25) is 10.0 Å². The van der Waals surface area contributed by atoms with E-state index >= 15 is 0 Å².